The third-order valence-corrected chi connectivity index (χ3v) is 3.39. The van der Waals surface area contributed by atoms with Gasteiger partial charge in [-0.25, -0.2) is 0 Å². The van der Waals surface area contributed by atoms with E-state index in [1.54, 1.807) is 0 Å². The Kier molecular flexibility index (Phi) is 4.07. The Morgan fingerprint density at radius 1 is 1.11 bits per heavy atom. The standard InChI is InChI=1S/C13H24N6/c1-9-6-10(2)8-19(7-9)13-16-11(14-3)15-12(17-13)18(4)5/h9-10H,6-8H2,1-5H3,(H,14,15,16,17). The van der Waals surface area contributed by atoms with E-state index in [0.717, 1.165) is 19.0 Å². The van der Waals surface area contributed by atoms with E-state index in [1.807, 2.05) is 26.0 Å². The Morgan fingerprint density at radius 2 is 1.74 bits per heavy atom. The van der Waals surface area contributed by atoms with Crippen LogP contribution in [0.4, 0.5) is 17.8 Å². The van der Waals surface area contributed by atoms with Gasteiger partial charge in [0.1, 0.15) is 0 Å². The zero-order chi connectivity index (χ0) is 14.0. The Hall–Kier alpha value is -1.59. The molecule has 1 saturated heterocycles. The minimum Gasteiger partial charge on any atom is -0.357 e. The van der Waals surface area contributed by atoms with Crippen LogP contribution >= 0.6 is 0 Å². The number of hydrogen-bond acceptors (Lipinski definition) is 6. The number of piperidine rings is 1. The number of anilines is 3. The molecule has 106 valence electrons. The normalized spacial score (nSPS) is 23.3. The van der Waals surface area contributed by atoms with Gasteiger partial charge >= 0.3 is 0 Å². The average molecular weight is 264 g/mol. The lowest BCUT2D eigenvalue weighted by Crippen LogP contribution is -2.40. The molecular formula is C13H24N6. The maximum atomic E-state index is 4.56. The van der Waals surface area contributed by atoms with Crippen LogP contribution in [0, 0.1) is 11.8 Å². The molecule has 0 aliphatic carbocycles. The molecule has 0 amide bonds. The van der Waals surface area contributed by atoms with Crippen LogP contribution in [0.3, 0.4) is 0 Å². The number of nitrogens with zero attached hydrogens (tertiary/aromatic N) is 5. The number of aromatic nitrogens is 3. The largest absolute Gasteiger partial charge is 0.357 e. The summed E-state index contributed by atoms with van der Waals surface area (Å²) in [5, 5.41) is 3.01. The fourth-order valence-electron chi connectivity index (χ4n) is 2.63. The summed E-state index contributed by atoms with van der Waals surface area (Å²) < 4.78 is 0. The SMILES string of the molecule is CNc1nc(N(C)C)nc(N2CC(C)CC(C)C2)n1. The lowest BCUT2D eigenvalue weighted by atomic mass is 9.92. The molecule has 6 nitrogen and oxygen atoms in total. The first kappa shape index (κ1) is 13.8. The summed E-state index contributed by atoms with van der Waals surface area (Å²) in [6, 6.07) is 0. The van der Waals surface area contributed by atoms with Crippen LogP contribution in [0.2, 0.25) is 0 Å². The molecule has 0 bridgehead atoms. The third-order valence-electron chi connectivity index (χ3n) is 3.39. The maximum Gasteiger partial charge on any atom is 0.231 e. The van der Waals surface area contributed by atoms with Crippen LogP contribution in [0.1, 0.15) is 20.3 Å². The van der Waals surface area contributed by atoms with Gasteiger partial charge < -0.3 is 15.1 Å². The molecule has 2 atom stereocenters. The van der Waals surface area contributed by atoms with Gasteiger partial charge in [-0.3, -0.25) is 0 Å². The van der Waals surface area contributed by atoms with E-state index in [0.29, 0.717) is 23.7 Å². The van der Waals surface area contributed by atoms with Crippen molar-refractivity contribution in [2.75, 3.05) is 49.3 Å². The monoisotopic (exact) mass is 264 g/mol. The number of rotatable bonds is 3. The van der Waals surface area contributed by atoms with Gasteiger partial charge in [-0.15, -0.1) is 0 Å². The highest BCUT2D eigenvalue weighted by Crippen LogP contribution is 2.25. The highest BCUT2D eigenvalue weighted by atomic mass is 15.3. The van der Waals surface area contributed by atoms with Crippen molar-refractivity contribution < 1.29 is 0 Å². The van der Waals surface area contributed by atoms with Crippen LogP contribution in [0.15, 0.2) is 0 Å². The maximum absolute atomic E-state index is 4.56. The van der Waals surface area contributed by atoms with Crippen molar-refractivity contribution in [3.05, 3.63) is 0 Å². The van der Waals surface area contributed by atoms with Gasteiger partial charge in [-0.2, -0.15) is 15.0 Å². The second-order valence-electron chi connectivity index (χ2n) is 5.75. The van der Waals surface area contributed by atoms with Crippen LogP contribution in [0.25, 0.3) is 0 Å². The molecule has 0 spiro atoms. The Bertz CT molecular complexity index is 423. The molecule has 19 heavy (non-hydrogen) atoms. The molecule has 1 aliphatic heterocycles. The third kappa shape index (κ3) is 3.24. The molecular weight excluding hydrogens is 240 g/mol. The van der Waals surface area contributed by atoms with Crippen molar-refractivity contribution in [2.24, 2.45) is 11.8 Å². The van der Waals surface area contributed by atoms with E-state index < -0.39 is 0 Å². The van der Waals surface area contributed by atoms with E-state index in [-0.39, 0.29) is 0 Å². The van der Waals surface area contributed by atoms with E-state index in [2.05, 4.69) is 39.0 Å². The molecule has 1 aromatic heterocycles. The minimum absolute atomic E-state index is 0.625. The van der Waals surface area contributed by atoms with Gasteiger partial charge in [0.15, 0.2) is 0 Å². The summed E-state index contributed by atoms with van der Waals surface area (Å²) in [5.41, 5.74) is 0. The van der Waals surface area contributed by atoms with E-state index in [4.69, 9.17) is 0 Å². The van der Waals surface area contributed by atoms with Gasteiger partial charge in [0, 0.05) is 34.2 Å². The molecule has 0 radical (unpaired) electrons. The summed E-state index contributed by atoms with van der Waals surface area (Å²) in [4.78, 5) is 17.6. The van der Waals surface area contributed by atoms with Crippen LogP contribution in [-0.4, -0.2) is 49.2 Å². The van der Waals surface area contributed by atoms with Gasteiger partial charge in [-0.1, -0.05) is 13.8 Å². The van der Waals surface area contributed by atoms with Crippen LogP contribution in [-0.2, 0) is 0 Å². The number of hydrogen-bond donors (Lipinski definition) is 1. The molecule has 0 aromatic carbocycles. The lowest BCUT2D eigenvalue weighted by molar-refractivity contribution is 0.353. The molecule has 2 rings (SSSR count). The molecule has 1 aliphatic rings. The molecule has 2 heterocycles. The van der Waals surface area contributed by atoms with E-state index in [9.17, 15) is 0 Å². The smallest absolute Gasteiger partial charge is 0.231 e. The first-order chi connectivity index (χ1) is 8.99. The topological polar surface area (TPSA) is 57.2 Å². The van der Waals surface area contributed by atoms with Gasteiger partial charge in [0.2, 0.25) is 17.8 Å². The predicted molar refractivity (Wildman–Crippen MR) is 78.9 cm³/mol. The molecule has 0 saturated carbocycles. The molecule has 1 aromatic rings. The molecule has 6 heteroatoms. The molecule has 1 N–H and O–H groups in total. The summed E-state index contributed by atoms with van der Waals surface area (Å²) in [5.74, 6) is 3.46. The highest BCUT2D eigenvalue weighted by molar-refractivity contribution is 5.44. The Labute approximate surface area is 115 Å². The fraction of sp³-hybridized carbons (Fsp3) is 0.769. The quantitative estimate of drug-likeness (QED) is 0.892. The van der Waals surface area contributed by atoms with Gasteiger partial charge in [-0.05, 0) is 18.3 Å². The van der Waals surface area contributed by atoms with E-state index >= 15 is 0 Å². The fourth-order valence-corrected chi connectivity index (χ4v) is 2.63. The van der Waals surface area contributed by atoms with Crippen molar-refractivity contribution in [3.63, 3.8) is 0 Å². The van der Waals surface area contributed by atoms with Crippen LogP contribution in [0.5, 0.6) is 0 Å². The summed E-state index contributed by atoms with van der Waals surface area (Å²) in [6.07, 6.45) is 1.28. The molecule has 2 unspecified atom stereocenters. The summed E-state index contributed by atoms with van der Waals surface area (Å²) in [6.45, 7) is 6.61. The first-order valence-electron chi connectivity index (χ1n) is 6.85. The van der Waals surface area contributed by atoms with Crippen molar-refractivity contribution in [3.8, 4) is 0 Å². The highest BCUT2D eigenvalue weighted by Gasteiger charge is 2.24. The first-order valence-corrected chi connectivity index (χ1v) is 6.85. The second-order valence-corrected chi connectivity index (χ2v) is 5.75. The van der Waals surface area contributed by atoms with E-state index in [1.165, 1.54) is 6.42 Å². The summed E-state index contributed by atoms with van der Waals surface area (Å²) in [7, 11) is 5.72. The zero-order valence-electron chi connectivity index (χ0n) is 12.5. The van der Waals surface area contributed by atoms with Crippen LogP contribution < -0.4 is 15.1 Å². The molecule has 1 fully saturated rings. The zero-order valence-corrected chi connectivity index (χ0v) is 12.5. The summed E-state index contributed by atoms with van der Waals surface area (Å²) >= 11 is 0. The lowest BCUT2D eigenvalue weighted by Gasteiger charge is -2.35. The van der Waals surface area contributed by atoms with Gasteiger partial charge in [0.05, 0.1) is 0 Å². The average Bonchev–Trinajstić information content (AvgIpc) is 2.37. The van der Waals surface area contributed by atoms with Crippen molar-refractivity contribution >= 4 is 17.8 Å². The number of nitrogens with one attached hydrogen (secondary N) is 1. The second kappa shape index (κ2) is 5.59. The van der Waals surface area contributed by atoms with Crippen molar-refractivity contribution in [1.29, 1.82) is 0 Å². The van der Waals surface area contributed by atoms with Crippen molar-refractivity contribution in [1.82, 2.24) is 15.0 Å². The Balaban J connectivity index is 2.30. The van der Waals surface area contributed by atoms with Crippen molar-refractivity contribution in [2.45, 2.75) is 20.3 Å². The minimum atomic E-state index is 0.625. The van der Waals surface area contributed by atoms with Gasteiger partial charge in [0.25, 0.3) is 0 Å². The predicted octanol–water partition coefficient (Wildman–Crippen LogP) is 1.46. The Morgan fingerprint density at radius 3 is 2.26 bits per heavy atom.